The molecule has 0 spiro atoms. The summed E-state index contributed by atoms with van der Waals surface area (Å²) in [6, 6.07) is 10.4. The molecule has 0 amide bonds. The minimum atomic E-state index is 0.898. The molecule has 2 saturated heterocycles. The number of hydrogen-bond donors (Lipinski definition) is 0. The Bertz CT molecular complexity index is 734. The van der Waals surface area contributed by atoms with E-state index in [-0.39, 0.29) is 0 Å². The summed E-state index contributed by atoms with van der Waals surface area (Å²) in [5, 5.41) is 0. The molecule has 0 unspecified atom stereocenters. The molecule has 0 aliphatic carbocycles. The number of aryl methyl sites for hydroxylation is 1. The first kappa shape index (κ1) is 16.9. The molecule has 1 aromatic carbocycles. The van der Waals surface area contributed by atoms with Gasteiger partial charge >= 0.3 is 0 Å². The van der Waals surface area contributed by atoms with Crippen LogP contribution < -0.4 is 19.4 Å². The van der Waals surface area contributed by atoms with Crippen LogP contribution in [-0.2, 0) is 0 Å². The molecule has 3 heterocycles. The Hall–Kier alpha value is -2.50. The predicted molar refractivity (Wildman–Crippen MR) is 106 cm³/mol. The van der Waals surface area contributed by atoms with E-state index >= 15 is 0 Å². The van der Waals surface area contributed by atoms with Crippen molar-refractivity contribution in [3.05, 3.63) is 36.0 Å². The first-order chi connectivity index (χ1) is 12.7. The van der Waals surface area contributed by atoms with Crippen LogP contribution in [0.15, 0.2) is 30.3 Å². The van der Waals surface area contributed by atoms with Gasteiger partial charge in [-0.1, -0.05) is 0 Å². The standard InChI is InChI=1S/C20H27N5O/c1-16-15-19(22-20(21-16)25-9-3-4-10-25)24-13-11-23(12-14-24)17-5-7-18(26-2)8-6-17/h5-8,15H,3-4,9-14H2,1-2H3. The minimum Gasteiger partial charge on any atom is -0.497 e. The number of hydrogen-bond acceptors (Lipinski definition) is 6. The molecule has 4 rings (SSSR count). The maximum Gasteiger partial charge on any atom is 0.227 e. The number of anilines is 3. The maximum atomic E-state index is 5.25. The lowest BCUT2D eigenvalue weighted by atomic mass is 10.2. The molecule has 0 bridgehead atoms. The number of aromatic nitrogens is 2. The van der Waals surface area contributed by atoms with Crippen molar-refractivity contribution in [2.24, 2.45) is 0 Å². The SMILES string of the molecule is COc1ccc(N2CCN(c3cc(C)nc(N4CCCC4)n3)CC2)cc1. The van der Waals surface area contributed by atoms with E-state index in [1.807, 2.05) is 12.1 Å². The Balaban J connectivity index is 1.44. The molecule has 1 aromatic heterocycles. The highest BCUT2D eigenvalue weighted by atomic mass is 16.5. The zero-order valence-corrected chi connectivity index (χ0v) is 15.7. The highest BCUT2D eigenvalue weighted by Crippen LogP contribution is 2.24. The third kappa shape index (κ3) is 3.54. The van der Waals surface area contributed by atoms with Crippen molar-refractivity contribution in [1.29, 1.82) is 0 Å². The largest absolute Gasteiger partial charge is 0.497 e. The number of rotatable bonds is 4. The Labute approximate surface area is 155 Å². The number of ether oxygens (including phenoxy) is 1. The minimum absolute atomic E-state index is 0.898. The van der Waals surface area contributed by atoms with Gasteiger partial charge in [-0.15, -0.1) is 0 Å². The summed E-state index contributed by atoms with van der Waals surface area (Å²) >= 11 is 0. The van der Waals surface area contributed by atoms with Crippen LogP contribution in [0.3, 0.4) is 0 Å². The molecule has 0 N–H and O–H groups in total. The van der Waals surface area contributed by atoms with Gasteiger partial charge in [0.2, 0.25) is 5.95 Å². The van der Waals surface area contributed by atoms with Gasteiger partial charge in [-0.2, -0.15) is 4.98 Å². The van der Waals surface area contributed by atoms with Crippen molar-refractivity contribution >= 4 is 17.5 Å². The molecule has 138 valence electrons. The van der Waals surface area contributed by atoms with Crippen LogP contribution in [0.1, 0.15) is 18.5 Å². The van der Waals surface area contributed by atoms with Gasteiger partial charge in [0, 0.05) is 56.7 Å². The summed E-state index contributed by atoms with van der Waals surface area (Å²) in [6.07, 6.45) is 2.49. The number of methoxy groups -OCH3 is 1. The Kier molecular flexibility index (Phi) is 4.82. The second-order valence-electron chi connectivity index (χ2n) is 7.03. The van der Waals surface area contributed by atoms with E-state index in [0.29, 0.717) is 0 Å². The van der Waals surface area contributed by atoms with E-state index < -0.39 is 0 Å². The van der Waals surface area contributed by atoms with E-state index in [4.69, 9.17) is 9.72 Å². The Morgan fingerprint density at radius 3 is 2.12 bits per heavy atom. The summed E-state index contributed by atoms with van der Waals surface area (Å²) in [5.74, 6) is 2.86. The molecule has 6 heteroatoms. The molecule has 0 atom stereocenters. The average Bonchev–Trinajstić information content (AvgIpc) is 3.23. The van der Waals surface area contributed by atoms with E-state index in [1.54, 1.807) is 7.11 Å². The summed E-state index contributed by atoms with van der Waals surface area (Å²) in [6.45, 7) is 8.16. The third-order valence-corrected chi connectivity index (χ3v) is 5.26. The second kappa shape index (κ2) is 7.40. The van der Waals surface area contributed by atoms with Gasteiger partial charge in [-0.25, -0.2) is 4.98 Å². The van der Waals surface area contributed by atoms with Crippen LogP contribution in [0.25, 0.3) is 0 Å². The average molecular weight is 353 g/mol. The van der Waals surface area contributed by atoms with Crippen LogP contribution in [-0.4, -0.2) is 56.3 Å². The second-order valence-corrected chi connectivity index (χ2v) is 7.03. The van der Waals surface area contributed by atoms with Crippen molar-refractivity contribution in [2.75, 3.05) is 61.1 Å². The molecular weight excluding hydrogens is 326 g/mol. The molecule has 2 aromatic rings. The zero-order valence-electron chi connectivity index (χ0n) is 15.7. The molecule has 2 fully saturated rings. The van der Waals surface area contributed by atoms with Gasteiger partial charge in [-0.3, -0.25) is 0 Å². The van der Waals surface area contributed by atoms with Crippen molar-refractivity contribution in [1.82, 2.24) is 9.97 Å². The fourth-order valence-electron chi connectivity index (χ4n) is 3.74. The molecular formula is C20H27N5O. The van der Waals surface area contributed by atoms with Crippen molar-refractivity contribution in [3.8, 4) is 5.75 Å². The smallest absolute Gasteiger partial charge is 0.227 e. The fraction of sp³-hybridized carbons (Fsp3) is 0.500. The lowest BCUT2D eigenvalue weighted by molar-refractivity contribution is 0.415. The van der Waals surface area contributed by atoms with Gasteiger partial charge in [-0.05, 0) is 44.0 Å². The van der Waals surface area contributed by atoms with Crippen LogP contribution in [0.5, 0.6) is 5.75 Å². The lowest BCUT2D eigenvalue weighted by Gasteiger charge is -2.37. The Morgan fingerprint density at radius 2 is 1.46 bits per heavy atom. The fourth-order valence-corrected chi connectivity index (χ4v) is 3.74. The first-order valence-electron chi connectivity index (χ1n) is 9.47. The van der Waals surface area contributed by atoms with Crippen LogP contribution in [0.2, 0.25) is 0 Å². The summed E-state index contributed by atoms with van der Waals surface area (Å²) < 4.78 is 5.25. The van der Waals surface area contributed by atoms with Crippen molar-refractivity contribution < 1.29 is 4.74 Å². The third-order valence-electron chi connectivity index (χ3n) is 5.26. The molecule has 6 nitrogen and oxygen atoms in total. The monoisotopic (exact) mass is 353 g/mol. The van der Waals surface area contributed by atoms with E-state index in [0.717, 1.165) is 62.5 Å². The Morgan fingerprint density at radius 1 is 0.808 bits per heavy atom. The quantitative estimate of drug-likeness (QED) is 0.842. The molecule has 2 aliphatic heterocycles. The molecule has 0 radical (unpaired) electrons. The van der Waals surface area contributed by atoms with Gasteiger partial charge in [0.05, 0.1) is 7.11 Å². The predicted octanol–water partition coefficient (Wildman–Crippen LogP) is 2.72. The van der Waals surface area contributed by atoms with Gasteiger partial charge in [0.1, 0.15) is 11.6 Å². The van der Waals surface area contributed by atoms with Crippen LogP contribution in [0.4, 0.5) is 17.5 Å². The van der Waals surface area contributed by atoms with Crippen LogP contribution in [0, 0.1) is 6.92 Å². The topological polar surface area (TPSA) is 44.7 Å². The first-order valence-corrected chi connectivity index (χ1v) is 9.47. The lowest BCUT2D eigenvalue weighted by Crippen LogP contribution is -2.47. The molecule has 2 aliphatic rings. The van der Waals surface area contributed by atoms with Crippen LogP contribution >= 0.6 is 0 Å². The number of piperazine rings is 1. The number of benzene rings is 1. The molecule has 0 saturated carbocycles. The van der Waals surface area contributed by atoms with E-state index in [1.165, 1.54) is 18.5 Å². The van der Waals surface area contributed by atoms with Gasteiger partial charge in [0.25, 0.3) is 0 Å². The van der Waals surface area contributed by atoms with Crippen molar-refractivity contribution in [3.63, 3.8) is 0 Å². The van der Waals surface area contributed by atoms with Gasteiger partial charge < -0.3 is 19.4 Å². The normalized spacial score (nSPS) is 17.7. The summed E-state index contributed by atoms with van der Waals surface area (Å²) in [5.41, 5.74) is 2.30. The summed E-state index contributed by atoms with van der Waals surface area (Å²) in [4.78, 5) is 16.6. The van der Waals surface area contributed by atoms with E-state index in [2.05, 4.69) is 44.8 Å². The highest BCUT2D eigenvalue weighted by molar-refractivity contribution is 5.52. The van der Waals surface area contributed by atoms with E-state index in [9.17, 15) is 0 Å². The van der Waals surface area contributed by atoms with Crippen molar-refractivity contribution in [2.45, 2.75) is 19.8 Å². The number of nitrogens with zero attached hydrogens (tertiary/aromatic N) is 5. The maximum absolute atomic E-state index is 5.25. The summed E-state index contributed by atoms with van der Waals surface area (Å²) in [7, 11) is 1.70. The zero-order chi connectivity index (χ0) is 17.9. The van der Waals surface area contributed by atoms with Gasteiger partial charge in [0.15, 0.2) is 0 Å². The highest BCUT2D eigenvalue weighted by Gasteiger charge is 2.21. The molecule has 26 heavy (non-hydrogen) atoms.